The van der Waals surface area contributed by atoms with E-state index < -0.39 is 11.9 Å². The molecule has 0 radical (unpaired) electrons. The van der Waals surface area contributed by atoms with Crippen LogP contribution in [0.15, 0.2) is 65.3 Å². The highest BCUT2D eigenvalue weighted by atomic mass is 79.9. The number of alkyl halides is 3. The van der Waals surface area contributed by atoms with E-state index in [1.807, 2.05) is 43.3 Å². The van der Waals surface area contributed by atoms with Gasteiger partial charge < -0.3 is 0 Å². The molecule has 0 aliphatic heterocycles. The minimum absolute atomic E-state index is 0.165. The number of fused-ring (bicyclic) bond motifs is 1. The molecule has 0 aliphatic carbocycles. The molecule has 2 aromatic heterocycles. The lowest BCUT2D eigenvalue weighted by Gasteiger charge is -2.12. The van der Waals surface area contributed by atoms with E-state index in [1.165, 1.54) is 6.20 Å². The van der Waals surface area contributed by atoms with E-state index in [0.717, 1.165) is 26.2 Å². The number of nitrogens with zero attached hydrogens (tertiary/aromatic N) is 3. The van der Waals surface area contributed by atoms with Crippen LogP contribution in [0.4, 0.5) is 13.2 Å². The molecule has 7 heteroatoms. The van der Waals surface area contributed by atoms with Crippen molar-refractivity contribution in [2.24, 2.45) is 0 Å². The van der Waals surface area contributed by atoms with E-state index in [9.17, 15) is 13.2 Å². The second kappa shape index (κ2) is 6.49. The summed E-state index contributed by atoms with van der Waals surface area (Å²) in [6, 6.07) is 15.6. The van der Waals surface area contributed by atoms with Crippen molar-refractivity contribution in [3.63, 3.8) is 0 Å². The van der Waals surface area contributed by atoms with E-state index in [0.29, 0.717) is 11.1 Å². The van der Waals surface area contributed by atoms with Gasteiger partial charge in [-0.25, -0.2) is 9.50 Å². The summed E-state index contributed by atoms with van der Waals surface area (Å²) < 4.78 is 42.7. The van der Waals surface area contributed by atoms with Gasteiger partial charge in [-0.15, -0.1) is 0 Å². The van der Waals surface area contributed by atoms with Gasteiger partial charge in [-0.1, -0.05) is 57.9 Å². The number of rotatable bonds is 2. The molecule has 2 aromatic carbocycles. The van der Waals surface area contributed by atoms with Crippen LogP contribution in [0, 0.1) is 6.92 Å². The van der Waals surface area contributed by atoms with Gasteiger partial charge in [0.2, 0.25) is 0 Å². The normalized spacial score (nSPS) is 11.9. The van der Waals surface area contributed by atoms with Crippen molar-refractivity contribution in [1.29, 1.82) is 0 Å². The number of halogens is 4. The molecule has 136 valence electrons. The third-order valence-corrected chi connectivity index (χ3v) is 4.74. The monoisotopic (exact) mass is 431 g/mol. The number of hydrogen-bond donors (Lipinski definition) is 0. The van der Waals surface area contributed by atoms with Crippen LogP contribution in [0.5, 0.6) is 0 Å². The van der Waals surface area contributed by atoms with Gasteiger partial charge in [0.25, 0.3) is 0 Å². The van der Waals surface area contributed by atoms with Gasteiger partial charge in [0.1, 0.15) is 0 Å². The summed E-state index contributed by atoms with van der Waals surface area (Å²) in [7, 11) is 0. The third-order valence-electron chi connectivity index (χ3n) is 4.25. The molecule has 0 amide bonds. The Morgan fingerprint density at radius 1 is 0.963 bits per heavy atom. The summed E-state index contributed by atoms with van der Waals surface area (Å²) in [5, 5.41) is 3.96. The minimum Gasteiger partial charge on any atom is -0.228 e. The Balaban J connectivity index is 2.01. The van der Waals surface area contributed by atoms with Crippen LogP contribution in [0.1, 0.15) is 11.3 Å². The van der Waals surface area contributed by atoms with Crippen LogP contribution in [-0.4, -0.2) is 14.6 Å². The van der Waals surface area contributed by atoms with E-state index in [-0.39, 0.29) is 11.3 Å². The lowest BCUT2D eigenvalue weighted by molar-refractivity contribution is -0.142. The Morgan fingerprint density at radius 2 is 1.70 bits per heavy atom. The van der Waals surface area contributed by atoms with Gasteiger partial charge in [-0.3, -0.25) is 0 Å². The fourth-order valence-electron chi connectivity index (χ4n) is 2.90. The van der Waals surface area contributed by atoms with Crippen LogP contribution in [0.3, 0.4) is 0 Å². The molecule has 0 N–H and O–H groups in total. The zero-order chi connectivity index (χ0) is 19.2. The molecule has 2 heterocycles. The van der Waals surface area contributed by atoms with E-state index in [1.54, 1.807) is 12.1 Å². The van der Waals surface area contributed by atoms with Crippen molar-refractivity contribution in [2.45, 2.75) is 13.1 Å². The molecule has 0 aliphatic rings. The van der Waals surface area contributed by atoms with E-state index in [4.69, 9.17) is 0 Å². The summed E-state index contributed by atoms with van der Waals surface area (Å²) in [6.07, 6.45) is -3.14. The number of aromatic nitrogens is 3. The number of benzene rings is 2. The molecule has 0 saturated heterocycles. The lowest BCUT2D eigenvalue weighted by atomic mass is 10.1. The van der Waals surface area contributed by atoms with Gasteiger partial charge in [-0.2, -0.15) is 18.3 Å². The molecule has 4 rings (SSSR count). The Morgan fingerprint density at radius 3 is 2.37 bits per heavy atom. The molecular formula is C20H13BrF3N3. The first kappa shape index (κ1) is 17.7. The maximum Gasteiger partial charge on any atom is 0.433 e. The molecule has 0 bridgehead atoms. The molecule has 0 fully saturated rings. The summed E-state index contributed by atoms with van der Waals surface area (Å²) >= 11 is 3.39. The standard InChI is InChI=1S/C20H13BrF3N3/c1-12-5-7-13(8-6-12)17-10-18(20(22,23)24)27-19(26-17)16(11-25-27)14-3-2-4-15(21)9-14/h2-11H,1H3. The maximum atomic E-state index is 13.7. The molecule has 0 spiro atoms. The number of hydrogen-bond acceptors (Lipinski definition) is 2. The molecule has 27 heavy (non-hydrogen) atoms. The van der Waals surface area contributed by atoms with Crippen LogP contribution < -0.4 is 0 Å². The Kier molecular flexibility index (Phi) is 4.26. The average molecular weight is 432 g/mol. The van der Waals surface area contributed by atoms with E-state index in [2.05, 4.69) is 26.0 Å². The van der Waals surface area contributed by atoms with Crippen molar-refractivity contribution in [3.05, 3.63) is 76.5 Å². The number of aryl methyl sites for hydroxylation is 1. The largest absolute Gasteiger partial charge is 0.433 e. The van der Waals surface area contributed by atoms with Crippen LogP contribution >= 0.6 is 15.9 Å². The maximum absolute atomic E-state index is 13.7. The van der Waals surface area contributed by atoms with Crippen LogP contribution in [0.2, 0.25) is 0 Å². The molecule has 4 aromatic rings. The van der Waals surface area contributed by atoms with Gasteiger partial charge in [0.15, 0.2) is 11.3 Å². The summed E-state index contributed by atoms with van der Waals surface area (Å²) in [5.74, 6) is 0. The topological polar surface area (TPSA) is 30.2 Å². The first-order valence-electron chi connectivity index (χ1n) is 8.12. The Bertz CT molecular complexity index is 1130. The third kappa shape index (κ3) is 3.35. The average Bonchev–Trinajstić information content (AvgIpc) is 3.04. The summed E-state index contributed by atoms with van der Waals surface area (Å²) in [5.41, 5.74) is 2.48. The molecule has 0 atom stereocenters. The van der Waals surface area contributed by atoms with Gasteiger partial charge >= 0.3 is 6.18 Å². The van der Waals surface area contributed by atoms with E-state index >= 15 is 0 Å². The molecule has 0 saturated carbocycles. The fourth-order valence-corrected chi connectivity index (χ4v) is 3.30. The van der Waals surface area contributed by atoms with Gasteiger partial charge in [0, 0.05) is 15.6 Å². The predicted octanol–water partition coefficient (Wildman–Crippen LogP) is 6.15. The molecular weight excluding hydrogens is 419 g/mol. The first-order chi connectivity index (χ1) is 12.8. The second-order valence-corrected chi connectivity index (χ2v) is 7.11. The second-order valence-electron chi connectivity index (χ2n) is 6.19. The Hall–Kier alpha value is -2.67. The Labute approximate surface area is 161 Å². The smallest absolute Gasteiger partial charge is 0.228 e. The predicted molar refractivity (Wildman–Crippen MR) is 101 cm³/mol. The van der Waals surface area contributed by atoms with Crippen molar-refractivity contribution < 1.29 is 13.2 Å². The van der Waals surface area contributed by atoms with Crippen molar-refractivity contribution in [1.82, 2.24) is 14.6 Å². The highest BCUT2D eigenvalue weighted by molar-refractivity contribution is 9.10. The van der Waals surface area contributed by atoms with Gasteiger partial charge in [-0.05, 0) is 30.7 Å². The first-order valence-corrected chi connectivity index (χ1v) is 8.91. The van der Waals surface area contributed by atoms with Crippen LogP contribution in [0.25, 0.3) is 28.0 Å². The van der Waals surface area contributed by atoms with Gasteiger partial charge in [0.05, 0.1) is 11.9 Å². The van der Waals surface area contributed by atoms with Crippen LogP contribution in [-0.2, 0) is 6.18 Å². The summed E-state index contributed by atoms with van der Waals surface area (Å²) in [4.78, 5) is 4.50. The molecule has 3 nitrogen and oxygen atoms in total. The lowest BCUT2D eigenvalue weighted by Crippen LogP contribution is -2.13. The van der Waals surface area contributed by atoms with Crippen molar-refractivity contribution in [3.8, 4) is 22.4 Å². The molecule has 0 unspecified atom stereocenters. The highest BCUT2D eigenvalue weighted by Gasteiger charge is 2.35. The van der Waals surface area contributed by atoms with Crippen molar-refractivity contribution in [2.75, 3.05) is 0 Å². The SMILES string of the molecule is Cc1ccc(-c2cc(C(F)(F)F)n3ncc(-c4cccc(Br)c4)c3n2)cc1. The minimum atomic E-state index is -4.55. The zero-order valence-electron chi connectivity index (χ0n) is 14.1. The quantitative estimate of drug-likeness (QED) is 0.380. The fraction of sp³-hybridized carbons (Fsp3) is 0.100. The highest BCUT2D eigenvalue weighted by Crippen LogP contribution is 2.35. The van der Waals surface area contributed by atoms with Crippen molar-refractivity contribution >= 4 is 21.6 Å². The summed E-state index contributed by atoms with van der Waals surface area (Å²) in [6.45, 7) is 1.92. The zero-order valence-corrected chi connectivity index (χ0v) is 15.7.